The van der Waals surface area contributed by atoms with Crippen molar-refractivity contribution in [3.05, 3.63) is 95.3 Å². The normalized spacial score (nSPS) is 16.6. The lowest BCUT2D eigenvalue weighted by atomic mass is 10.1. The molecule has 3 aromatic carbocycles. The largest absolute Gasteiger partial charge is 0.493 e. The number of carbonyl (C=O) groups is 1. The van der Waals surface area contributed by atoms with E-state index in [1.165, 1.54) is 16.7 Å². The number of fused-ring (bicyclic) bond motifs is 1. The number of amides is 1. The maximum absolute atomic E-state index is 13.1. The number of ether oxygens (including phenoxy) is 1. The van der Waals surface area contributed by atoms with Crippen molar-refractivity contribution in [2.75, 3.05) is 13.2 Å². The van der Waals surface area contributed by atoms with Crippen molar-refractivity contribution in [3.8, 4) is 5.75 Å². The number of aryl methyl sites for hydroxylation is 2. The molecule has 1 saturated heterocycles. The minimum absolute atomic E-state index is 0.0590. The maximum Gasteiger partial charge on any atom is 0.223 e. The number of unbranched alkanes of at least 4 members (excludes halogenated alkanes) is 1. The molecular formula is C31H35N3O2. The van der Waals surface area contributed by atoms with E-state index in [4.69, 9.17) is 9.72 Å². The number of carbonyl (C=O) groups excluding carboxylic acids is 1. The van der Waals surface area contributed by atoms with Crippen molar-refractivity contribution in [1.29, 1.82) is 0 Å². The van der Waals surface area contributed by atoms with Gasteiger partial charge in [-0.05, 0) is 68.5 Å². The van der Waals surface area contributed by atoms with Gasteiger partial charge in [-0.25, -0.2) is 4.98 Å². The van der Waals surface area contributed by atoms with Crippen LogP contribution >= 0.6 is 0 Å². The van der Waals surface area contributed by atoms with Crippen LogP contribution in [-0.4, -0.2) is 33.5 Å². The highest BCUT2D eigenvalue weighted by atomic mass is 16.5. The van der Waals surface area contributed by atoms with Crippen LogP contribution in [0.15, 0.2) is 72.8 Å². The van der Waals surface area contributed by atoms with Gasteiger partial charge in [0.1, 0.15) is 11.6 Å². The van der Waals surface area contributed by atoms with E-state index < -0.39 is 0 Å². The summed E-state index contributed by atoms with van der Waals surface area (Å²) in [6.45, 7) is 8.60. The fourth-order valence-electron chi connectivity index (χ4n) is 5.27. The fourth-order valence-corrected chi connectivity index (χ4v) is 5.27. The van der Waals surface area contributed by atoms with Crippen LogP contribution < -0.4 is 4.74 Å². The molecule has 0 radical (unpaired) electrons. The maximum atomic E-state index is 13.1. The highest BCUT2D eigenvalue weighted by Crippen LogP contribution is 2.35. The molecule has 5 nitrogen and oxygen atoms in total. The monoisotopic (exact) mass is 481 g/mol. The smallest absolute Gasteiger partial charge is 0.223 e. The Morgan fingerprint density at radius 1 is 0.972 bits per heavy atom. The molecule has 0 bridgehead atoms. The first-order valence-corrected chi connectivity index (χ1v) is 13.0. The molecule has 0 aliphatic carbocycles. The standard InChI is InChI=1S/C31H35N3O2/c1-22-12-11-17-29(23(22)2)36-19-10-9-18-33-28-16-8-7-15-27(28)32-31(33)26-20-30(35)34(21-26)24(3)25-13-5-4-6-14-25/h4-8,11-17,24,26H,9-10,18-21H2,1-3H3. The molecule has 1 fully saturated rings. The van der Waals surface area contributed by atoms with E-state index in [0.717, 1.165) is 42.0 Å². The number of rotatable bonds is 9. The number of para-hydroxylation sites is 2. The van der Waals surface area contributed by atoms with Gasteiger partial charge < -0.3 is 14.2 Å². The van der Waals surface area contributed by atoms with Gasteiger partial charge in [-0.1, -0.05) is 54.6 Å². The minimum Gasteiger partial charge on any atom is -0.493 e. The van der Waals surface area contributed by atoms with Crippen LogP contribution in [0.1, 0.15) is 60.7 Å². The van der Waals surface area contributed by atoms with Gasteiger partial charge in [-0.3, -0.25) is 4.79 Å². The van der Waals surface area contributed by atoms with E-state index in [2.05, 4.69) is 61.7 Å². The summed E-state index contributed by atoms with van der Waals surface area (Å²) in [6.07, 6.45) is 2.46. The van der Waals surface area contributed by atoms with Crippen molar-refractivity contribution in [2.24, 2.45) is 0 Å². The van der Waals surface area contributed by atoms with Gasteiger partial charge in [-0.15, -0.1) is 0 Å². The zero-order chi connectivity index (χ0) is 25.1. The Bertz CT molecular complexity index is 1340. The van der Waals surface area contributed by atoms with Crippen molar-refractivity contribution in [2.45, 2.75) is 58.5 Å². The third kappa shape index (κ3) is 4.88. The Labute approximate surface area is 213 Å². The summed E-state index contributed by atoms with van der Waals surface area (Å²) in [5, 5.41) is 0. The predicted molar refractivity (Wildman–Crippen MR) is 144 cm³/mol. The highest BCUT2D eigenvalue weighted by molar-refractivity contribution is 5.81. The molecule has 2 unspecified atom stereocenters. The Morgan fingerprint density at radius 2 is 1.75 bits per heavy atom. The number of hydrogen-bond donors (Lipinski definition) is 0. The zero-order valence-electron chi connectivity index (χ0n) is 21.5. The molecule has 5 heteroatoms. The average Bonchev–Trinajstić information content (AvgIpc) is 3.46. The zero-order valence-corrected chi connectivity index (χ0v) is 21.5. The number of likely N-dealkylation sites (tertiary alicyclic amines) is 1. The SMILES string of the molecule is Cc1cccc(OCCCCn2c(C3CC(=O)N(C(C)c4ccccc4)C3)nc3ccccc32)c1C. The molecule has 2 heterocycles. The van der Waals surface area contributed by atoms with Gasteiger partial charge in [0, 0.05) is 25.4 Å². The van der Waals surface area contributed by atoms with Crippen LogP contribution in [0, 0.1) is 13.8 Å². The lowest BCUT2D eigenvalue weighted by Gasteiger charge is -2.25. The summed E-state index contributed by atoms with van der Waals surface area (Å²) < 4.78 is 8.41. The Morgan fingerprint density at radius 3 is 2.58 bits per heavy atom. The number of nitrogens with zero attached hydrogens (tertiary/aromatic N) is 3. The molecule has 36 heavy (non-hydrogen) atoms. The minimum atomic E-state index is 0.0590. The lowest BCUT2D eigenvalue weighted by Crippen LogP contribution is -2.28. The molecular weight excluding hydrogens is 446 g/mol. The quantitative estimate of drug-likeness (QED) is 0.253. The van der Waals surface area contributed by atoms with E-state index in [9.17, 15) is 4.79 Å². The highest BCUT2D eigenvalue weighted by Gasteiger charge is 2.36. The van der Waals surface area contributed by atoms with Crippen LogP contribution in [0.2, 0.25) is 0 Å². The second-order valence-corrected chi connectivity index (χ2v) is 9.90. The molecule has 0 saturated carbocycles. The summed E-state index contributed by atoms with van der Waals surface area (Å²) >= 11 is 0. The average molecular weight is 482 g/mol. The fraction of sp³-hybridized carbons (Fsp3) is 0.355. The van der Waals surface area contributed by atoms with Crippen LogP contribution in [0.4, 0.5) is 0 Å². The third-order valence-corrected chi connectivity index (χ3v) is 7.55. The Balaban J connectivity index is 1.28. The topological polar surface area (TPSA) is 47.4 Å². The molecule has 1 aliphatic heterocycles. The van der Waals surface area contributed by atoms with Crippen LogP contribution in [0.5, 0.6) is 5.75 Å². The molecule has 4 aromatic rings. The molecule has 5 rings (SSSR count). The van der Waals surface area contributed by atoms with E-state index in [-0.39, 0.29) is 17.9 Å². The Kier molecular flexibility index (Phi) is 7.08. The lowest BCUT2D eigenvalue weighted by molar-refractivity contribution is -0.129. The predicted octanol–water partition coefficient (Wildman–Crippen LogP) is 6.59. The molecule has 1 aromatic heterocycles. The second-order valence-electron chi connectivity index (χ2n) is 9.90. The van der Waals surface area contributed by atoms with Crippen molar-refractivity contribution in [3.63, 3.8) is 0 Å². The number of imidazole rings is 1. The first-order chi connectivity index (χ1) is 17.5. The van der Waals surface area contributed by atoms with E-state index in [1.54, 1.807) is 0 Å². The summed E-state index contributed by atoms with van der Waals surface area (Å²) in [5.74, 6) is 2.31. The van der Waals surface area contributed by atoms with E-state index in [1.807, 2.05) is 41.3 Å². The summed E-state index contributed by atoms with van der Waals surface area (Å²) in [6, 6.07) is 24.9. The second kappa shape index (κ2) is 10.6. The van der Waals surface area contributed by atoms with Crippen molar-refractivity contribution in [1.82, 2.24) is 14.5 Å². The molecule has 2 atom stereocenters. The molecule has 0 N–H and O–H groups in total. The summed E-state index contributed by atoms with van der Waals surface area (Å²) in [5.41, 5.74) is 5.78. The van der Waals surface area contributed by atoms with Crippen LogP contribution in [0.3, 0.4) is 0 Å². The van der Waals surface area contributed by atoms with E-state index in [0.29, 0.717) is 19.6 Å². The van der Waals surface area contributed by atoms with Crippen LogP contribution in [-0.2, 0) is 11.3 Å². The number of aromatic nitrogens is 2. The molecule has 1 aliphatic rings. The Hall–Kier alpha value is -3.60. The van der Waals surface area contributed by atoms with Crippen molar-refractivity contribution >= 4 is 16.9 Å². The number of benzene rings is 3. The van der Waals surface area contributed by atoms with Crippen molar-refractivity contribution < 1.29 is 9.53 Å². The summed E-state index contributed by atoms with van der Waals surface area (Å²) in [4.78, 5) is 20.1. The first-order valence-electron chi connectivity index (χ1n) is 13.0. The first kappa shape index (κ1) is 24.1. The van der Waals surface area contributed by atoms with Gasteiger partial charge >= 0.3 is 0 Å². The van der Waals surface area contributed by atoms with Crippen LogP contribution in [0.25, 0.3) is 11.0 Å². The van der Waals surface area contributed by atoms with Gasteiger partial charge in [-0.2, -0.15) is 0 Å². The van der Waals surface area contributed by atoms with Gasteiger partial charge in [0.2, 0.25) is 5.91 Å². The summed E-state index contributed by atoms with van der Waals surface area (Å²) in [7, 11) is 0. The van der Waals surface area contributed by atoms with Gasteiger partial charge in [0.05, 0.1) is 23.7 Å². The molecule has 186 valence electrons. The number of hydrogen-bond acceptors (Lipinski definition) is 3. The molecule has 0 spiro atoms. The molecule has 1 amide bonds. The van der Waals surface area contributed by atoms with E-state index >= 15 is 0 Å². The van der Waals surface area contributed by atoms with Gasteiger partial charge in [0.15, 0.2) is 0 Å². The third-order valence-electron chi connectivity index (χ3n) is 7.55. The van der Waals surface area contributed by atoms with Gasteiger partial charge in [0.25, 0.3) is 0 Å².